The van der Waals surface area contributed by atoms with Crippen molar-refractivity contribution in [1.82, 2.24) is 0 Å². The third-order valence-electron chi connectivity index (χ3n) is 5.70. The second-order valence-electron chi connectivity index (χ2n) is 7.14. The predicted molar refractivity (Wildman–Crippen MR) is 86.4 cm³/mol. The fourth-order valence-electron chi connectivity index (χ4n) is 4.07. The average molecular weight is 369 g/mol. The van der Waals surface area contributed by atoms with Crippen LogP contribution in [0.3, 0.4) is 0 Å². The zero-order chi connectivity index (χ0) is 16.3. The molecule has 0 aromatic heterocycles. The Morgan fingerprint density at radius 2 is 2.05 bits per heavy atom. The molecule has 2 N–H and O–H groups in total. The fraction of sp³-hybridized carbons (Fsp3) is 0.588. The number of aliphatic hydroxyl groups is 1. The standard InChI is InChI=1S/C17H21BrO4/c1-9-4-5-13(19)16(2,3)17(9)8-11-6-10(15(20)21)7-12(18)14(11)22-17/h6-7,9,13,19H,4-5,8H2,1-3H3,(H,20,21)/t9-,13+,17+/m1/s1. The number of aliphatic hydroxyl groups excluding tert-OH is 1. The molecule has 1 heterocycles. The smallest absolute Gasteiger partial charge is 0.335 e. The van der Waals surface area contributed by atoms with Gasteiger partial charge in [-0.05, 0) is 46.8 Å². The van der Waals surface area contributed by atoms with E-state index in [0.717, 1.165) is 24.2 Å². The Morgan fingerprint density at radius 1 is 1.36 bits per heavy atom. The van der Waals surface area contributed by atoms with Gasteiger partial charge in [-0.25, -0.2) is 4.79 Å². The van der Waals surface area contributed by atoms with Gasteiger partial charge in [-0.1, -0.05) is 20.8 Å². The lowest BCUT2D eigenvalue weighted by molar-refractivity contribution is -0.156. The molecule has 1 aromatic carbocycles. The van der Waals surface area contributed by atoms with Gasteiger partial charge >= 0.3 is 5.97 Å². The average Bonchev–Trinajstić information content (AvgIpc) is 2.84. The van der Waals surface area contributed by atoms with Crippen molar-refractivity contribution in [2.75, 3.05) is 0 Å². The quantitative estimate of drug-likeness (QED) is 0.793. The van der Waals surface area contributed by atoms with E-state index in [0.29, 0.717) is 16.8 Å². The van der Waals surface area contributed by atoms with Gasteiger partial charge < -0.3 is 14.9 Å². The Labute approximate surface area is 138 Å². The Bertz CT molecular complexity index is 640. The van der Waals surface area contributed by atoms with Gasteiger partial charge in [0.25, 0.3) is 0 Å². The van der Waals surface area contributed by atoms with E-state index in [1.165, 1.54) is 0 Å². The largest absolute Gasteiger partial charge is 0.485 e. The number of fused-ring (bicyclic) bond motifs is 1. The highest BCUT2D eigenvalue weighted by molar-refractivity contribution is 9.10. The summed E-state index contributed by atoms with van der Waals surface area (Å²) in [7, 11) is 0. The molecule has 0 unspecified atom stereocenters. The van der Waals surface area contributed by atoms with E-state index < -0.39 is 23.1 Å². The molecule has 1 fully saturated rings. The fourth-order valence-corrected chi connectivity index (χ4v) is 4.66. The number of carboxylic acids is 1. The number of ether oxygens (including phenoxy) is 1. The van der Waals surface area contributed by atoms with Crippen molar-refractivity contribution in [2.45, 2.75) is 51.7 Å². The summed E-state index contributed by atoms with van der Waals surface area (Å²) in [6.07, 6.45) is 1.89. The van der Waals surface area contributed by atoms with Crippen molar-refractivity contribution in [3.05, 3.63) is 27.7 Å². The van der Waals surface area contributed by atoms with Crippen molar-refractivity contribution in [3.63, 3.8) is 0 Å². The van der Waals surface area contributed by atoms with Crippen LogP contribution in [0.2, 0.25) is 0 Å². The summed E-state index contributed by atoms with van der Waals surface area (Å²) in [6, 6.07) is 3.28. The first-order valence-electron chi connectivity index (χ1n) is 7.62. The van der Waals surface area contributed by atoms with Crippen LogP contribution in [0.4, 0.5) is 0 Å². The van der Waals surface area contributed by atoms with E-state index in [1.54, 1.807) is 12.1 Å². The third-order valence-corrected chi connectivity index (χ3v) is 6.29. The van der Waals surface area contributed by atoms with Crippen molar-refractivity contribution < 1.29 is 19.7 Å². The molecular formula is C17H21BrO4. The molecule has 4 nitrogen and oxygen atoms in total. The number of hydrogen-bond acceptors (Lipinski definition) is 3. The molecule has 0 radical (unpaired) electrons. The zero-order valence-corrected chi connectivity index (χ0v) is 14.6. The topological polar surface area (TPSA) is 66.8 Å². The number of rotatable bonds is 1. The Balaban J connectivity index is 2.09. The van der Waals surface area contributed by atoms with Gasteiger partial charge in [-0.15, -0.1) is 0 Å². The molecule has 1 aliphatic carbocycles. The molecule has 0 bridgehead atoms. The first-order valence-corrected chi connectivity index (χ1v) is 8.41. The molecular weight excluding hydrogens is 348 g/mol. The van der Waals surface area contributed by atoms with E-state index in [9.17, 15) is 15.0 Å². The van der Waals surface area contributed by atoms with Crippen molar-refractivity contribution in [3.8, 4) is 5.75 Å². The lowest BCUT2D eigenvalue weighted by atomic mass is 9.58. The van der Waals surface area contributed by atoms with E-state index in [-0.39, 0.29) is 5.56 Å². The van der Waals surface area contributed by atoms with Gasteiger partial charge in [-0.3, -0.25) is 0 Å². The summed E-state index contributed by atoms with van der Waals surface area (Å²) in [4.78, 5) is 11.3. The van der Waals surface area contributed by atoms with Crippen molar-refractivity contribution >= 4 is 21.9 Å². The molecule has 5 heteroatoms. The molecule has 1 aliphatic heterocycles. The maximum Gasteiger partial charge on any atom is 0.335 e. The van der Waals surface area contributed by atoms with Crippen LogP contribution in [0.15, 0.2) is 16.6 Å². The highest BCUT2D eigenvalue weighted by Gasteiger charge is 2.60. The minimum absolute atomic E-state index is 0.257. The molecule has 22 heavy (non-hydrogen) atoms. The molecule has 0 saturated heterocycles. The summed E-state index contributed by atoms with van der Waals surface area (Å²) < 4.78 is 7.07. The summed E-state index contributed by atoms with van der Waals surface area (Å²) in [5.41, 5.74) is 0.271. The lowest BCUT2D eigenvalue weighted by Crippen LogP contribution is -2.61. The number of benzene rings is 1. The monoisotopic (exact) mass is 368 g/mol. The van der Waals surface area contributed by atoms with Gasteiger partial charge in [0.2, 0.25) is 0 Å². The lowest BCUT2D eigenvalue weighted by Gasteiger charge is -2.53. The first-order chi connectivity index (χ1) is 10.2. The minimum atomic E-state index is -0.944. The summed E-state index contributed by atoms with van der Waals surface area (Å²) in [5.74, 6) is 0.0675. The zero-order valence-electron chi connectivity index (χ0n) is 13.0. The van der Waals surface area contributed by atoms with Crippen LogP contribution in [0.1, 0.15) is 49.5 Å². The van der Waals surface area contributed by atoms with Crippen molar-refractivity contribution in [1.29, 1.82) is 0 Å². The summed E-state index contributed by atoms with van der Waals surface area (Å²) >= 11 is 3.44. The molecule has 3 atom stereocenters. The molecule has 2 aliphatic rings. The van der Waals surface area contributed by atoms with Gasteiger partial charge in [0.15, 0.2) is 0 Å². The normalized spacial score (nSPS) is 32.6. The molecule has 3 rings (SSSR count). The maximum atomic E-state index is 11.3. The second kappa shape index (κ2) is 4.96. The molecule has 1 saturated carbocycles. The highest BCUT2D eigenvalue weighted by Crippen LogP contribution is 2.56. The van der Waals surface area contributed by atoms with E-state index in [2.05, 4.69) is 22.9 Å². The van der Waals surface area contributed by atoms with Crippen LogP contribution in [-0.4, -0.2) is 27.9 Å². The predicted octanol–water partition coefficient (Wildman–Crippen LogP) is 3.64. The highest BCUT2D eigenvalue weighted by atomic mass is 79.9. The Hall–Kier alpha value is -1.07. The molecule has 1 aromatic rings. The Morgan fingerprint density at radius 3 is 2.68 bits per heavy atom. The minimum Gasteiger partial charge on any atom is -0.485 e. The SMILES string of the molecule is C[C@@H]1CC[C@H](O)C(C)(C)[C@]12Cc1cc(C(=O)O)cc(Br)c1O2. The van der Waals surface area contributed by atoms with Gasteiger partial charge in [-0.2, -0.15) is 0 Å². The maximum absolute atomic E-state index is 11.3. The number of halogens is 1. The Kier molecular flexibility index (Phi) is 3.57. The summed E-state index contributed by atoms with van der Waals surface area (Å²) in [5, 5.41) is 19.7. The van der Waals surface area contributed by atoms with Crippen LogP contribution >= 0.6 is 15.9 Å². The van der Waals surface area contributed by atoms with Gasteiger partial charge in [0, 0.05) is 17.4 Å². The summed E-state index contributed by atoms with van der Waals surface area (Å²) in [6.45, 7) is 6.25. The number of carbonyl (C=O) groups is 1. The molecule has 0 amide bonds. The van der Waals surface area contributed by atoms with Gasteiger partial charge in [0.05, 0.1) is 16.1 Å². The number of aromatic carboxylic acids is 1. The molecule has 1 spiro atoms. The van der Waals surface area contributed by atoms with Crippen LogP contribution in [0.25, 0.3) is 0 Å². The van der Waals surface area contributed by atoms with E-state index in [1.807, 2.05) is 13.8 Å². The van der Waals surface area contributed by atoms with Crippen LogP contribution in [0.5, 0.6) is 5.75 Å². The van der Waals surface area contributed by atoms with Crippen LogP contribution in [0, 0.1) is 11.3 Å². The number of carboxylic acid groups (broad SMARTS) is 1. The van der Waals surface area contributed by atoms with E-state index in [4.69, 9.17) is 4.74 Å². The molecule has 120 valence electrons. The number of hydrogen-bond donors (Lipinski definition) is 2. The van der Waals surface area contributed by atoms with Crippen LogP contribution < -0.4 is 4.74 Å². The van der Waals surface area contributed by atoms with Crippen molar-refractivity contribution in [2.24, 2.45) is 11.3 Å². The van der Waals surface area contributed by atoms with Gasteiger partial charge in [0.1, 0.15) is 11.4 Å². The second-order valence-corrected chi connectivity index (χ2v) is 7.99. The van der Waals surface area contributed by atoms with E-state index >= 15 is 0 Å². The third kappa shape index (κ3) is 2.02. The van der Waals surface area contributed by atoms with Crippen LogP contribution in [-0.2, 0) is 6.42 Å². The first kappa shape index (κ1) is 15.8.